The summed E-state index contributed by atoms with van der Waals surface area (Å²) in [6.45, 7) is 4.26. The number of urea groups is 1. The number of nitrogens with one attached hydrogen (secondary N) is 2. The number of pyridine rings is 1. The molecule has 0 aliphatic rings. The third-order valence-corrected chi connectivity index (χ3v) is 2.81. The normalized spacial score (nSPS) is 11.8. The van der Waals surface area contributed by atoms with Gasteiger partial charge in [0.1, 0.15) is 6.04 Å². The molecule has 0 aliphatic carbocycles. The maximum absolute atomic E-state index is 12.1. The molecule has 1 aromatic rings. The van der Waals surface area contributed by atoms with Crippen LogP contribution in [0.2, 0.25) is 0 Å². The molecule has 0 fully saturated rings. The maximum Gasteiger partial charge on any atom is 0.312 e. The molecule has 21 heavy (non-hydrogen) atoms. The Hall–Kier alpha value is -2.31. The zero-order valence-electron chi connectivity index (χ0n) is 12.6. The van der Waals surface area contributed by atoms with E-state index in [-0.39, 0.29) is 11.8 Å². The minimum atomic E-state index is -0.707. The molecule has 0 bridgehead atoms. The quantitative estimate of drug-likeness (QED) is 0.691. The van der Waals surface area contributed by atoms with Crippen LogP contribution in [0.3, 0.4) is 0 Å². The highest BCUT2D eigenvalue weighted by Crippen LogP contribution is 2.08. The Morgan fingerprint density at radius 3 is 2.57 bits per heavy atom. The van der Waals surface area contributed by atoms with Crippen LogP contribution in [0.4, 0.5) is 4.79 Å². The number of aromatic nitrogens is 1. The summed E-state index contributed by atoms with van der Waals surface area (Å²) in [4.78, 5) is 27.1. The van der Waals surface area contributed by atoms with E-state index >= 15 is 0 Å². The molecule has 116 valence electrons. The van der Waals surface area contributed by atoms with Gasteiger partial charge < -0.3 is 21.1 Å². The van der Waals surface area contributed by atoms with E-state index in [0.717, 1.165) is 5.56 Å². The number of nitrogens with two attached hydrogens (primary N) is 1. The molecule has 7 nitrogen and oxygen atoms in total. The molecule has 1 unspecified atom stereocenters. The molecule has 1 aromatic heterocycles. The summed E-state index contributed by atoms with van der Waals surface area (Å²) in [7, 11) is 1.54. The minimum absolute atomic E-state index is 0.259. The standard InChI is InChI=1S/C14H22N4O3/c1-9(2)6-11(18-14(15)20)13(19)17-8-10-4-5-12(21-3)16-7-10/h4-5,7,9,11H,6,8H2,1-3H3,(H,17,19)(H3,15,18,20). The van der Waals surface area contributed by atoms with Crippen LogP contribution in [-0.2, 0) is 11.3 Å². The van der Waals surface area contributed by atoms with Crippen molar-refractivity contribution >= 4 is 11.9 Å². The number of methoxy groups -OCH3 is 1. The molecule has 1 rings (SSSR count). The van der Waals surface area contributed by atoms with Crippen molar-refractivity contribution in [2.45, 2.75) is 32.9 Å². The highest BCUT2D eigenvalue weighted by atomic mass is 16.5. The molecule has 1 heterocycles. The Kier molecular flexibility index (Phi) is 6.45. The van der Waals surface area contributed by atoms with E-state index in [0.29, 0.717) is 18.8 Å². The number of primary amides is 1. The largest absolute Gasteiger partial charge is 0.481 e. The zero-order valence-corrected chi connectivity index (χ0v) is 12.6. The first-order valence-corrected chi connectivity index (χ1v) is 6.75. The van der Waals surface area contributed by atoms with Crippen molar-refractivity contribution in [1.82, 2.24) is 15.6 Å². The van der Waals surface area contributed by atoms with Gasteiger partial charge in [-0.3, -0.25) is 4.79 Å². The monoisotopic (exact) mass is 294 g/mol. The molecular weight excluding hydrogens is 272 g/mol. The van der Waals surface area contributed by atoms with Crippen molar-refractivity contribution in [3.63, 3.8) is 0 Å². The van der Waals surface area contributed by atoms with Gasteiger partial charge in [-0.05, 0) is 17.9 Å². The van der Waals surface area contributed by atoms with Gasteiger partial charge in [-0.15, -0.1) is 0 Å². The summed E-state index contributed by atoms with van der Waals surface area (Å²) >= 11 is 0. The summed E-state index contributed by atoms with van der Waals surface area (Å²) in [5.41, 5.74) is 5.93. The predicted octanol–water partition coefficient (Wildman–Crippen LogP) is 0.789. The van der Waals surface area contributed by atoms with E-state index in [9.17, 15) is 9.59 Å². The molecule has 0 aliphatic heterocycles. The molecule has 0 saturated carbocycles. The number of carbonyl (C=O) groups excluding carboxylic acids is 2. The van der Waals surface area contributed by atoms with E-state index in [4.69, 9.17) is 10.5 Å². The van der Waals surface area contributed by atoms with Gasteiger partial charge in [0.15, 0.2) is 0 Å². The maximum atomic E-state index is 12.1. The number of nitrogens with zero attached hydrogens (tertiary/aromatic N) is 1. The van der Waals surface area contributed by atoms with Crippen LogP contribution in [0.5, 0.6) is 5.88 Å². The third kappa shape index (κ3) is 6.11. The zero-order chi connectivity index (χ0) is 15.8. The van der Waals surface area contributed by atoms with Crippen LogP contribution in [-0.4, -0.2) is 30.1 Å². The van der Waals surface area contributed by atoms with Gasteiger partial charge in [-0.25, -0.2) is 9.78 Å². The lowest BCUT2D eigenvalue weighted by molar-refractivity contribution is -0.123. The van der Waals surface area contributed by atoms with Gasteiger partial charge in [0.25, 0.3) is 0 Å². The number of amides is 3. The summed E-state index contributed by atoms with van der Waals surface area (Å²) in [6.07, 6.45) is 2.15. The van der Waals surface area contributed by atoms with E-state index < -0.39 is 12.1 Å². The number of hydrogen-bond acceptors (Lipinski definition) is 4. The molecule has 4 N–H and O–H groups in total. The summed E-state index contributed by atoms with van der Waals surface area (Å²) < 4.78 is 4.96. The van der Waals surface area contributed by atoms with Crippen molar-refractivity contribution in [3.05, 3.63) is 23.9 Å². The van der Waals surface area contributed by atoms with Gasteiger partial charge in [0.2, 0.25) is 11.8 Å². The second kappa shape index (κ2) is 8.08. The number of rotatable bonds is 7. The molecule has 7 heteroatoms. The predicted molar refractivity (Wildman–Crippen MR) is 78.6 cm³/mol. The number of carbonyl (C=O) groups is 2. The van der Waals surface area contributed by atoms with Gasteiger partial charge in [-0.2, -0.15) is 0 Å². The lowest BCUT2D eigenvalue weighted by Gasteiger charge is -2.19. The van der Waals surface area contributed by atoms with Crippen LogP contribution >= 0.6 is 0 Å². The first-order valence-electron chi connectivity index (χ1n) is 6.75. The van der Waals surface area contributed by atoms with Crippen molar-refractivity contribution in [2.75, 3.05) is 7.11 Å². The Morgan fingerprint density at radius 1 is 1.38 bits per heavy atom. The molecule has 0 saturated heterocycles. The molecular formula is C14H22N4O3. The van der Waals surface area contributed by atoms with Crippen molar-refractivity contribution < 1.29 is 14.3 Å². The minimum Gasteiger partial charge on any atom is -0.481 e. The van der Waals surface area contributed by atoms with Crippen LogP contribution in [0, 0.1) is 5.92 Å². The average Bonchev–Trinajstić information content (AvgIpc) is 2.43. The van der Waals surface area contributed by atoms with Crippen LogP contribution in [0.25, 0.3) is 0 Å². The van der Waals surface area contributed by atoms with E-state index in [1.54, 1.807) is 12.3 Å². The van der Waals surface area contributed by atoms with Crippen LogP contribution in [0.15, 0.2) is 18.3 Å². The number of hydrogen-bond donors (Lipinski definition) is 3. The van der Waals surface area contributed by atoms with Gasteiger partial charge in [-0.1, -0.05) is 19.9 Å². The Morgan fingerprint density at radius 2 is 2.10 bits per heavy atom. The van der Waals surface area contributed by atoms with Crippen molar-refractivity contribution in [2.24, 2.45) is 11.7 Å². The first kappa shape index (κ1) is 16.7. The van der Waals surface area contributed by atoms with Gasteiger partial charge in [0, 0.05) is 18.8 Å². The molecule has 1 atom stereocenters. The first-order chi connectivity index (χ1) is 9.92. The second-order valence-electron chi connectivity index (χ2n) is 5.12. The fraction of sp³-hybridized carbons (Fsp3) is 0.500. The van der Waals surface area contributed by atoms with Gasteiger partial charge >= 0.3 is 6.03 Å². The molecule has 3 amide bonds. The molecule has 0 aromatic carbocycles. The Bertz CT molecular complexity index is 474. The topological polar surface area (TPSA) is 106 Å². The lowest BCUT2D eigenvalue weighted by Crippen LogP contribution is -2.49. The summed E-state index contributed by atoms with van der Waals surface area (Å²) in [5.74, 6) is 0.506. The van der Waals surface area contributed by atoms with Crippen LogP contribution in [0.1, 0.15) is 25.8 Å². The van der Waals surface area contributed by atoms with E-state index in [1.165, 1.54) is 7.11 Å². The fourth-order valence-corrected chi connectivity index (χ4v) is 1.82. The SMILES string of the molecule is COc1ccc(CNC(=O)C(CC(C)C)NC(N)=O)cn1. The third-order valence-electron chi connectivity index (χ3n) is 2.81. The van der Waals surface area contributed by atoms with E-state index in [1.807, 2.05) is 19.9 Å². The van der Waals surface area contributed by atoms with Crippen LogP contribution < -0.4 is 21.1 Å². The highest BCUT2D eigenvalue weighted by Gasteiger charge is 2.20. The Balaban J connectivity index is 2.57. The number of ether oxygens (including phenoxy) is 1. The lowest BCUT2D eigenvalue weighted by atomic mass is 10.0. The Labute approximate surface area is 124 Å². The highest BCUT2D eigenvalue weighted by molar-refractivity contribution is 5.86. The fourth-order valence-electron chi connectivity index (χ4n) is 1.82. The van der Waals surface area contributed by atoms with Crippen molar-refractivity contribution in [1.29, 1.82) is 0 Å². The second-order valence-corrected chi connectivity index (χ2v) is 5.12. The smallest absolute Gasteiger partial charge is 0.312 e. The summed E-state index contributed by atoms with van der Waals surface area (Å²) in [6, 6.07) is 2.19. The van der Waals surface area contributed by atoms with Crippen molar-refractivity contribution in [3.8, 4) is 5.88 Å². The average molecular weight is 294 g/mol. The molecule has 0 radical (unpaired) electrons. The van der Waals surface area contributed by atoms with E-state index in [2.05, 4.69) is 15.6 Å². The van der Waals surface area contributed by atoms with Gasteiger partial charge in [0.05, 0.1) is 7.11 Å². The summed E-state index contributed by atoms with van der Waals surface area (Å²) in [5, 5.41) is 5.21. The molecule has 0 spiro atoms.